The van der Waals surface area contributed by atoms with Crippen molar-refractivity contribution in [2.45, 2.75) is 6.61 Å². The fourth-order valence-corrected chi connectivity index (χ4v) is 5.17. The van der Waals surface area contributed by atoms with Crippen LogP contribution in [0.15, 0.2) is 127 Å². The van der Waals surface area contributed by atoms with Crippen LogP contribution in [0.25, 0.3) is 54.9 Å². The molecule has 1 nitrogen and oxygen atoms in total. The van der Waals surface area contributed by atoms with Crippen LogP contribution in [0.2, 0.25) is 0 Å². The van der Waals surface area contributed by atoms with E-state index in [-0.39, 0.29) is 0 Å². The molecule has 0 radical (unpaired) electrons. The lowest BCUT2D eigenvalue weighted by molar-refractivity contribution is 0.185. The summed E-state index contributed by atoms with van der Waals surface area (Å²) in [5, 5.41) is 5.00. The topological polar surface area (TPSA) is 9.23 Å². The molecule has 1 heteroatoms. The predicted molar refractivity (Wildman–Crippen MR) is 148 cm³/mol. The maximum atomic E-state index is 5.63. The van der Waals surface area contributed by atoms with Crippen LogP contribution in [-0.4, -0.2) is 7.11 Å². The predicted octanol–water partition coefficient (Wildman–Crippen LogP) is 9.14. The summed E-state index contributed by atoms with van der Waals surface area (Å²) in [6.45, 7) is 0.565. The molecule has 6 aromatic rings. The molecule has 0 bridgehead atoms. The zero-order valence-electron chi connectivity index (χ0n) is 19.7. The number of fused-ring (bicyclic) bond motifs is 2. The van der Waals surface area contributed by atoms with Crippen molar-refractivity contribution in [3.05, 3.63) is 133 Å². The molecule has 0 amide bonds. The van der Waals surface area contributed by atoms with Crippen LogP contribution < -0.4 is 0 Å². The van der Waals surface area contributed by atoms with Gasteiger partial charge in [-0.3, -0.25) is 0 Å². The van der Waals surface area contributed by atoms with Gasteiger partial charge in [0.05, 0.1) is 6.61 Å². The van der Waals surface area contributed by atoms with E-state index in [4.69, 9.17) is 4.74 Å². The van der Waals surface area contributed by atoms with Gasteiger partial charge in [-0.2, -0.15) is 0 Å². The molecule has 0 atom stereocenters. The lowest BCUT2D eigenvalue weighted by Crippen LogP contribution is -1.97. The van der Waals surface area contributed by atoms with Gasteiger partial charge in [0.1, 0.15) is 0 Å². The minimum absolute atomic E-state index is 0.565. The Hall–Kier alpha value is -4.20. The van der Waals surface area contributed by atoms with Gasteiger partial charge in [-0.15, -0.1) is 0 Å². The summed E-state index contributed by atoms with van der Waals surface area (Å²) in [6.07, 6.45) is 0. The summed E-state index contributed by atoms with van der Waals surface area (Å²) in [4.78, 5) is 0. The highest BCUT2D eigenvalue weighted by Crippen LogP contribution is 2.46. The van der Waals surface area contributed by atoms with E-state index in [1.807, 2.05) is 0 Å². The smallest absolute Gasteiger partial charge is 0.0719 e. The molecule has 0 saturated heterocycles. The first-order valence-corrected chi connectivity index (χ1v) is 12.0. The third-order valence-corrected chi connectivity index (χ3v) is 6.74. The molecular formula is C34H26O. The molecule has 0 aromatic heterocycles. The highest BCUT2D eigenvalue weighted by molar-refractivity contribution is 6.13. The molecule has 0 aliphatic carbocycles. The highest BCUT2D eigenvalue weighted by atomic mass is 16.5. The molecule has 0 unspecified atom stereocenters. The maximum absolute atomic E-state index is 5.63. The molecule has 0 fully saturated rings. The minimum Gasteiger partial charge on any atom is -0.380 e. The number of rotatable bonds is 5. The molecule has 0 N–H and O–H groups in total. The van der Waals surface area contributed by atoms with Gasteiger partial charge in [0.2, 0.25) is 0 Å². The summed E-state index contributed by atoms with van der Waals surface area (Å²) < 4.78 is 5.63. The molecule has 0 spiro atoms. The monoisotopic (exact) mass is 450 g/mol. The Morgan fingerprint density at radius 2 is 1.09 bits per heavy atom. The van der Waals surface area contributed by atoms with Crippen molar-refractivity contribution in [3.8, 4) is 33.4 Å². The molecule has 0 aliphatic heterocycles. The van der Waals surface area contributed by atoms with Gasteiger partial charge >= 0.3 is 0 Å². The highest BCUT2D eigenvalue weighted by Gasteiger charge is 2.20. The van der Waals surface area contributed by atoms with E-state index < -0.39 is 0 Å². The third kappa shape index (κ3) is 3.90. The van der Waals surface area contributed by atoms with Crippen molar-refractivity contribution in [1.29, 1.82) is 0 Å². The summed E-state index contributed by atoms with van der Waals surface area (Å²) in [7, 11) is 1.76. The molecule has 0 aliphatic rings. The second-order valence-electron chi connectivity index (χ2n) is 8.92. The average molecular weight is 451 g/mol. The third-order valence-electron chi connectivity index (χ3n) is 6.74. The molecule has 168 valence electrons. The van der Waals surface area contributed by atoms with E-state index in [0.29, 0.717) is 6.61 Å². The first kappa shape index (κ1) is 21.3. The summed E-state index contributed by atoms with van der Waals surface area (Å²) in [6, 6.07) is 45.8. The van der Waals surface area contributed by atoms with E-state index in [2.05, 4.69) is 127 Å². The van der Waals surface area contributed by atoms with Crippen molar-refractivity contribution in [2.24, 2.45) is 0 Å². The largest absolute Gasteiger partial charge is 0.380 e. The summed E-state index contributed by atoms with van der Waals surface area (Å²) in [5.74, 6) is 0. The van der Waals surface area contributed by atoms with E-state index in [1.165, 1.54) is 60.5 Å². The number of benzene rings is 6. The van der Waals surface area contributed by atoms with E-state index in [1.54, 1.807) is 7.11 Å². The van der Waals surface area contributed by atoms with E-state index in [9.17, 15) is 0 Å². The molecule has 6 rings (SSSR count). The first-order valence-electron chi connectivity index (χ1n) is 12.0. The summed E-state index contributed by atoms with van der Waals surface area (Å²) >= 11 is 0. The fourth-order valence-electron chi connectivity index (χ4n) is 5.17. The Labute approximate surface area is 206 Å². The van der Waals surface area contributed by atoms with Crippen LogP contribution in [0.5, 0.6) is 0 Å². The Morgan fingerprint density at radius 3 is 1.80 bits per heavy atom. The van der Waals surface area contributed by atoms with Gasteiger partial charge in [0.15, 0.2) is 0 Å². The van der Waals surface area contributed by atoms with Crippen molar-refractivity contribution < 1.29 is 4.74 Å². The van der Waals surface area contributed by atoms with Crippen LogP contribution in [0, 0.1) is 0 Å². The second-order valence-corrected chi connectivity index (χ2v) is 8.92. The summed E-state index contributed by atoms with van der Waals surface area (Å²) in [5.41, 5.74) is 8.57. The van der Waals surface area contributed by atoms with Crippen molar-refractivity contribution in [1.82, 2.24) is 0 Å². The second kappa shape index (κ2) is 9.21. The van der Waals surface area contributed by atoms with Crippen molar-refractivity contribution >= 4 is 21.5 Å². The molecular weight excluding hydrogens is 424 g/mol. The Kier molecular flexibility index (Phi) is 5.62. The zero-order valence-corrected chi connectivity index (χ0v) is 19.7. The number of hydrogen-bond acceptors (Lipinski definition) is 1. The maximum Gasteiger partial charge on any atom is 0.0719 e. The zero-order chi connectivity index (χ0) is 23.6. The van der Waals surface area contributed by atoms with Crippen LogP contribution in [0.1, 0.15) is 5.56 Å². The quantitative estimate of drug-likeness (QED) is 0.238. The van der Waals surface area contributed by atoms with Gasteiger partial charge in [0, 0.05) is 7.11 Å². The van der Waals surface area contributed by atoms with Gasteiger partial charge in [0.25, 0.3) is 0 Å². The van der Waals surface area contributed by atoms with Crippen LogP contribution in [0.4, 0.5) is 0 Å². The van der Waals surface area contributed by atoms with Crippen LogP contribution >= 0.6 is 0 Å². The number of hydrogen-bond donors (Lipinski definition) is 0. The van der Waals surface area contributed by atoms with Gasteiger partial charge < -0.3 is 4.74 Å². The standard InChI is InChI=1S/C34H26O/c1-35-23-28-18-10-11-19-30(28)34-32-21-27-17-9-8-16-26(27)20-29(32)22-31(24-12-4-2-5-13-24)33(34)25-14-6-3-7-15-25/h2-22H,23H2,1H3. The van der Waals surface area contributed by atoms with Gasteiger partial charge in [-0.05, 0) is 78.7 Å². The van der Waals surface area contributed by atoms with Crippen LogP contribution in [-0.2, 0) is 11.3 Å². The number of methoxy groups -OCH3 is 1. The lowest BCUT2D eigenvalue weighted by atomic mass is 9.82. The molecule has 35 heavy (non-hydrogen) atoms. The first-order chi connectivity index (χ1) is 17.3. The van der Waals surface area contributed by atoms with Gasteiger partial charge in [-0.1, -0.05) is 109 Å². The minimum atomic E-state index is 0.565. The Morgan fingerprint density at radius 1 is 0.486 bits per heavy atom. The Bertz CT molecular complexity index is 1630. The number of ether oxygens (including phenoxy) is 1. The molecule has 0 heterocycles. The molecule has 0 saturated carbocycles. The molecule has 6 aromatic carbocycles. The van der Waals surface area contributed by atoms with Crippen LogP contribution in [0.3, 0.4) is 0 Å². The van der Waals surface area contributed by atoms with Crippen molar-refractivity contribution in [2.75, 3.05) is 7.11 Å². The van der Waals surface area contributed by atoms with Gasteiger partial charge in [-0.25, -0.2) is 0 Å². The average Bonchev–Trinajstić information content (AvgIpc) is 2.92. The SMILES string of the molecule is COCc1ccccc1-c1c(-c2ccccc2)c(-c2ccccc2)cc2cc3ccccc3cc12. The normalized spacial score (nSPS) is 11.2. The van der Waals surface area contributed by atoms with E-state index >= 15 is 0 Å². The lowest BCUT2D eigenvalue weighted by Gasteiger charge is -2.21. The Balaban J connectivity index is 1.83. The van der Waals surface area contributed by atoms with E-state index in [0.717, 1.165) is 0 Å². The fraction of sp³-hybridized carbons (Fsp3) is 0.0588. The van der Waals surface area contributed by atoms with Crippen molar-refractivity contribution in [3.63, 3.8) is 0 Å².